The average molecular weight is 709 g/mol. The molecule has 0 saturated heterocycles. The minimum atomic E-state index is -0.567. The Hall–Kier alpha value is -0.610. The third-order valence-electron chi connectivity index (χ3n) is 11.4. The van der Waals surface area contributed by atoms with Crippen molar-refractivity contribution in [2.24, 2.45) is 5.92 Å². The number of aliphatic hydroxyl groups is 2. The summed E-state index contributed by atoms with van der Waals surface area (Å²) in [5, 5.41) is 28.1. The maximum absolute atomic E-state index is 11.7. The zero-order valence-electron chi connectivity index (χ0n) is 34.1. The van der Waals surface area contributed by atoms with E-state index in [2.05, 4.69) is 6.92 Å². The number of unbranched alkanes of at least 4 members (excludes halogenated alkanes) is 35. The summed E-state index contributed by atoms with van der Waals surface area (Å²) in [6, 6.07) is 0. The van der Waals surface area contributed by atoms with Crippen LogP contribution >= 0.6 is 0 Å². The minimum Gasteiger partial charge on any atom is -0.481 e. The third-order valence-corrected chi connectivity index (χ3v) is 11.4. The number of hydrogen-bond acceptors (Lipinski definition) is 3. The first-order chi connectivity index (χ1) is 24.6. The van der Waals surface area contributed by atoms with Crippen LogP contribution in [0, 0.1) is 5.92 Å². The zero-order valence-corrected chi connectivity index (χ0v) is 34.1. The second-order valence-electron chi connectivity index (χ2n) is 16.3. The normalized spacial score (nSPS) is 12.9. The molecular weight excluding hydrogens is 617 g/mol. The highest BCUT2D eigenvalue weighted by molar-refractivity contribution is 5.69. The number of rotatable bonds is 44. The van der Waals surface area contributed by atoms with E-state index >= 15 is 0 Å². The van der Waals surface area contributed by atoms with E-state index in [1.807, 2.05) is 0 Å². The predicted octanol–water partition coefficient (Wildman–Crippen LogP) is 15.1. The summed E-state index contributed by atoms with van der Waals surface area (Å²) >= 11 is 0. The first-order valence-corrected chi connectivity index (χ1v) is 23.1. The molecule has 2 unspecified atom stereocenters. The summed E-state index contributed by atoms with van der Waals surface area (Å²) in [6.07, 6.45) is 52.8. The largest absolute Gasteiger partial charge is 0.481 e. The Morgan fingerprint density at radius 3 is 0.760 bits per heavy atom. The minimum absolute atomic E-state index is 0.0676. The molecule has 0 fully saturated rings. The van der Waals surface area contributed by atoms with Gasteiger partial charge in [0.2, 0.25) is 0 Å². The molecule has 0 bridgehead atoms. The van der Waals surface area contributed by atoms with E-state index in [9.17, 15) is 15.0 Å². The number of hydrogen-bond donors (Lipinski definition) is 3. The molecule has 3 N–H and O–H groups in total. The van der Waals surface area contributed by atoms with Crippen molar-refractivity contribution in [3.63, 3.8) is 0 Å². The van der Waals surface area contributed by atoms with E-state index in [4.69, 9.17) is 5.11 Å². The fraction of sp³-hybridized carbons (Fsp3) is 0.978. The molecule has 0 amide bonds. The molecule has 0 rings (SSSR count). The molecule has 0 aliphatic heterocycles. The van der Waals surface area contributed by atoms with Gasteiger partial charge >= 0.3 is 5.97 Å². The highest BCUT2D eigenvalue weighted by Gasteiger charge is 2.16. The molecule has 0 aromatic rings. The molecule has 0 aromatic carbocycles. The molecule has 50 heavy (non-hydrogen) atoms. The van der Waals surface area contributed by atoms with Crippen molar-refractivity contribution in [3.05, 3.63) is 0 Å². The Kier molecular flexibility index (Phi) is 42.3. The van der Waals surface area contributed by atoms with Gasteiger partial charge in [-0.25, -0.2) is 0 Å². The summed E-state index contributed by atoms with van der Waals surface area (Å²) in [7, 11) is 0. The van der Waals surface area contributed by atoms with Crippen LogP contribution in [0.2, 0.25) is 0 Å². The fourth-order valence-electron chi connectivity index (χ4n) is 7.70. The third kappa shape index (κ3) is 40.2. The van der Waals surface area contributed by atoms with Gasteiger partial charge in [0.15, 0.2) is 0 Å². The van der Waals surface area contributed by atoms with Crippen molar-refractivity contribution in [1.82, 2.24) is 0 Å². The molecule has 0 spiro atoms. The second-order valence-corrected chi connectivity index (χ2v) is 16.3. The second kappa shape index (κ2) is 42.8. The van der Waals surface area contributed by atoms with Gasteiger partial charge in [0.25, 0.3) is 0 Å². The molecule has 0 saturated carbocycles. The first kappa shape index (κ1) is 49.4. The van der Waals surface area contributed by atoms with Gasteiger partial charge < -0.3 is 15.3 Å². The van der Waals surface area contributed by atoms with Crippen molar-refractivity contribution in [3.8, 4) is 0 Å². The number of carboxylic acid groups (broad SMARTS) is 1. The number of carboxylic acids is 1. The monoisotopic (exact) mass is 709 g/mol. The van der Waals surface area contributed by atoms with E-state index in [0.717, 1.165) is 44.9 Å². The summed E-state index contributed by atoms with van der Waals surface area (Å²) in [5.41, 5.74) is 0. The Balaban J connectivity index is 3.31. The molecule has 0 heterocycles. The summed E-state index contributed by atoms with van der Waals surface area (Å²) in [4.78, 5) is 11.7. The lowest BCUT2D eigenvalue weighted by Crippen LogP contribution is -2.13. The van der Waals surface area contributed by atoms with Crippen LogP contribution in [0.5, 0.6) is 0 Å². The Bertz CT molecular complexity index is 638. The molecule has 4 heteroatoms. The van der Waals surface area contributed by atoms with Crippen LogP contribution in [0.25, 0.3) is 0 Å². The number of carbonyl (C=O) groups is 1. The Morgan fingerprint density at radius 1 is 0.360 bits per heavy atom. The van der Waals surface area contributed by atoms with Gasteiger partial charge in [-0.1, -0.05) is 238 Å². The lowest BCUT2D eigenvalue weighted by Gasteiger charge is -2.12. The van der Waals surface area contributed by atoms with Gasteiger partial charge in [0.1, 0.15) is 0 Å². The Labute approximate surface area is 314 Å². The van der Waals surface area contributed by atoms with Crippen LogP contribution < -0.4 is 0 Å². The van der Waals surface area contributed by atoms with Crippen LogP contribution in [0.1, 0.15) is 270 Å². The number of aliphatic carboxylic acids is 1. The van der Waals surface area contributed by atoms with Gasteiger partial charge in [-0.3, -0.25) is 4.79 Å². The van der Waals surface area contributed by atoms with Crippen LogP contribution in [0.4, 0.5) is 0 Å². The zero-order chi connectivity index (χ0) is 36.4. The molecule has 0 radical (unpaired) electrons. The van der Waals surface area contributed by atoms with Crippen LogP contribution in [-0.2, 0) is 4.79 Å². The summed E-state index contributed by atoms with van der Waals surface area (Å²) in [5.74, 6) is -0.686. The van der Waals surface area contributed by atoms with Crippen molar-refractivity contribution in [2.75, 3.05) is 6.61 Å². The van der Waals surface area contributed by atoms with E-state index in [0.29, 0.717) is 6.61 Å². The van der Waals surface area contributed by atoms with Gasteiger partial charge in [-0.05, 0) is 32.1 Å². The Morgan fingerprint density at radius 2 is 0.560 bits per heavy atom. The van der Waals surface area contributed by atoms with Crippen molar-refractivity contribution in [1.29, 1.82) is 0 Å². The van der Waals surface area contributed by atoms with E-state index < -0.39 is 5.97 Å². The van der Waals surface area contributed by atoms with Crippen LogP contribution in [0.3, 0.4) is 0 Å². The van der Waals surface area contributed by atoms with Gasteiger partial charge in [0.05, 0.1) is 12.0 Å². The molecule has 4 nitrogen and oxygen atoms in total. The van der Waals surface area contributed by atoms with E-state index in [1.165, 1.54) is 218 Å². The first-order valence-electron chi connectivity index (χ1n) is 23.1. The summed E-state index contributed by atoms with van der Waals surface area (Å²) in [6.45, 7) is 2.41. The average Bonchev–Trinajstić information content (AvgIpc) is 3.11. The van der Waals surface area contributed by atoms with Crippen LogP contribution in [-0.4, -0.2) is 34.0 Å². The highest BCUT2D eigenvalue weighted by atomic mass is 16.4. The molecular formula is C46H92O4. The maximum atomic E-state index is 11.7. The molecule has 0 aliphatic rings. The lowest BCUT2D eigenvalue weighted by atomic mass is 9.94. The van der Waals surface area contributed by atoms with Gasteiger partial charge in [0, 0.05) is 6.61 Å². The van der Waals surface area contributed by atoms with E-state index in [-0.39, 0.29) is 12.0 Å². The standard InChI is InChI=1S/C46H92O4/c1-2-45(48)42-38-34-30-26-22-18-13-11-9-7-5-3-4-6-8-10-12-16-20-24-28-32-36-40-44(46(49)50)41-37-33-29-25-21-17-14-15-19-23-27-31-35-39-43-47/h44-45,47-48H,2-43H2,1H3,(H,49,50). The molecule has 300 valence electrons. The smallest absolute Gasteiger partial charge is 0.306 e. The number of aliphatic hydroxyl groups excluding tert-OH is 2. The maximum Gasteiger partial charge on any atom is 0.306 e. The van der Waals surface area contributed by atoms with Gasteiger partial charge in [-0.15, -0.1) is 0 Å². The molecule has 0 aliphatic carbocycles. The molecule has 0 aromatic heterocycles. The molecule has 2 atom stereocenters. The predicted molar refractivity (Wildman–Crippen MR) is 219 cm³/mol. The van der Waals surface area contributed by atoms with Crippen molar-refractivity contribution in [2.45, 2.75) is 276 Å². The fourth-order valence-corrected chi connectivity index (χ4v) is 7.70. The topological polar surface area (TPSA) is 77.8 Å². The summed E-state index contributed by atoms with van der Waals surface area (Å²) < 4.78 is 0. The SMILES string of the molecule is CCC(O)CCCCCCCCCCCCCCCCCCCCCCCCCC(CCCCCCCCCCCCCCCCO)C(=O)O. The highest BCUT2D eigenvalue weighted by Crippen LogP contribution is 2.21. The van der Waals surface area contributed by atoms with Crippen molar-refractivity contribution < 1.29 is 20.1 Å². The van der Waals surface area contributed by atoms with Crippen LogP contribution in [0.15, 0.2) is 0 Å². The lowest BCUT2D eigenvalue weighted by molar-refractivity contribution is -0.142. The van der Waals surface area contributed by atoms with E-state index in [1.54, 1.807) is 0 Å². The van der Waals surface area contributed by atoms with Gasteiger partial charge in [-0.2, -0.15) is 0 Å². The quantitative estimate of drug-likeness (QED) is 0.0551. The van der Waals surface area contributed by atoms with Crippen molar-refractivity contribution >= 4 is 5.97 Å².